The lowest BCUT2D eigenvalue weighted by molar-refractivity contribution is 0.0993. The van der Waals surface area contributed by atoms with Crippen LogP contribution < -0.4 is 11.5 Å². The molecule has 6 heteroatoms. The van der Waals surface area contributed by atoms with Crippen LogP contribution in [0.15, 0.2) is 30.9 Å². The van der Waals surface area contributed by atoms with E-state index in [1.54, 1.807) is 17.0 Å². The summed E-state index contributed by atoms with van der Waals surface area (Å²) < 4.78 is 1.62. The van der Waals surface area contributed by atoms with Crippen LogP contribution in [0.3, 0.4) is 0 Å². The largest absolute Gasteiger partial charge is 0.382 e. The molecule has 2 aromatic rings. The Morgan fingerprint density at radius 1 is 1.38 bits per heavy atom. The first kappa shape index (κ1) is 10.2. The second-order valence-electron chi connectivity index (χ2n) is 3.33. The topological polar surface area (TPSA) is 99.8 Å². The highest BCUT2D eigenvalue weighted by Gasteiger charge is 2.13. The number of rotatable bonds is 3. The molecule has 0 aromatic carbocycles. The van der Waals surface area contributed by atoms with Crippen molar-refractivity contribution >= 4 is 11.7 Å². The molecule has 0 atom stereocenters. The molecule has 2 aromatic heterocycles. The fourth-order valence-corrected chi connectivity index (χ4v) is 1.47. The molecule has 4 N–H and O–H groups in total. The minimum atomic E-state index is -0.580. The molecule has 0 radical (unpaired) electrons. The van der Waals surface area contributed by atoms with E-state index in [9.17, 15) is 4.79 Å². The summed E-state index contributed by atoms with van der Waals surface area (Å²) in [5.41, 5.74) is 12.0. The fraction of sp³-hybridized carbons (Fsp3) is 0.100. The maximum absolute atomic E-state index is 11.2. The van der Waals surface area contributed by atoms with Gasteiger partial charge in [0, 0.05) is 18.9 Å². The van der Waals surface area contributed by atoms with Gasteiger partial charge in [0.2, 0.25) is 0 Å². The van der Waals surface area contributed by atoms with E-state index in [-0.39, 0.29) is 11.5 Å². The quantitative estimate of drug-likeness (QED) is 0.756. The number of pyridine rings is 1. The number of anilines is 1. The van der Waals surface area contributed by atoms with Gasteiger partial charge in [-0.3, -0.25) is 9.78 Å². The number of hydrogen-bond donors (Lipinski definition) is 2. The van der Waals surface area contributed by atoms with Crippen molar-refractivity contribution in [1.29, 1.82) is 0 Å². The lowest BCUT2D eigenvalue weighted by Crippen LogP contribution is -2.18. The summed E-state index contributed by atoms with van der Waals surface area (Å²) in [6, 6.07) is 3.70. The van der Waals surface area contributed by atoms with Crippen molar-refractivity contribution < 1.29 is 4.79 Å². The number of nitrogen functional groups attached to an aromatic ring is 1. The number of imidazole rings is 1. The molecule has 0 aliphatic carbocycles. The predicted molar refractivity (Wildman–Crippen MR) is 58.5 cm³/mol. The molecular weight excluding hydrogens is 206 g/mol. The molecular formula is C10H11N5O. The Morgan fingerprint density at radius 3 is 2.69 bits per heavy atom. The number of carbonyl (C=O) groups is 1. The van der Waals surface area contributed by atoms with E-state index in [1.807, 2.05) is 12.1 Å². The van der Waals surface area contributed by atoms with Gasteiger partial charge in [0.25, 0.3) is 5.91 Å². The summed E-state index contributed by atoms with van der Waals surface area (Å²) in [4.78, 5) is 18.9. The zero-order valence-corrected chi connectivity index (χ0v) is 8.50. The standard InChI is InChI=1S/C10H11N5O/c11-9-8(10(12)16)15(6-14-9)5-7-1-3-13-4-2-7/h1-4,6H,5,11H2,(H2,12,16). The van der Waals surface area contributed by atoms with E-state index in [0.717, 1.165) is 5.56 Å². The first-order chi connectivity index (χ1) is 7.68. The van der Waals surface area contributed by atoms with Gasteiger partial charge in [-0.2, -0.15) is 0 Å². The third kappa shape index (κ3) is 1.85. The van der Waals surface area contributed by atoms with Crippen molar-refractivity contribution in [2.75, 3.05) is 5.73 Å². The van der Waals surface area contributed by atoms with Gasteiger partial charge in [-0.1, -0.05) is 0 Å². The molecule has 0 fully saturated rings. The normalized spacial score (nSPS) is 10.2. The molecule has 1 amide bonds. The first-order valence-corrected chi connectivity index (χ1v) is 4.68. The highest BCUT2D eigenvalue weighted by atomic mass is 16.1. The lowest BCUT2D eigenvalue weighted by atomic mass is 10.2. The van der Waals surface area contributed by atoms with Crippen LogP contribution in [0.4, 0.5) is 5.82 Å². The molecule has 0 spiro atoms. The molecule has 0 saturated heterocycles. The van der Waals surface area contributed by atoms with Crippen molar-refractivity contribution in [2.24, 2.45) is 5.73 Å². The third-order valence-corrected chi connectivity index (χ3v) is 2.20. The molecule has 0 saturated carbocycles. The zero-order chi connectivity index (χ0) is 11.5. The van der Waals surface area contributed by atoms with Gasteiger partial charge in [-0.25, -0.2) is 4.98 Å². The molecule has 16 heavy (non-hydrogen) atoms. The van der Waals surface area contributed by atoms with E-state index >= 15 is 0 Å². The van der Waals surface area contributed by atoms with Gasteiger partial charge in [-0.15, -0.1) is 0 Å². The van der Waals surface area contributed by atoms with Crippen molar-refractivity contribution in [3.8, 4) is 0 Å². The summed E-state index contributed by atoms with van der Waals surface area (Å²) in [5, 5.41) is 0. The maximum Gasteiger partial charge on any atom is 0.269 e. The molecule has 0 bridgehead atoms. The second-order valence-corrected chi connectivity index (χ2v) is 3.33. The smallest absolute Gasteiger partial charge is 0.269 e. The Balaban J connectivity index is 2.32. The monoisotopic (exact) mass is 217 g/mol. The molecule has 0 aliphatic heterocycles. The number of amides is 1. The Bertz CT molecular complexity index is 505. The summed E-state index contributed by atoms with van der Waals surface area (Å²) in [6.07, 6.45) is 4.86. The predicted octanol–water partition coefficient (Wildman–Crippen LogP) is 0.00750. The summed E-state index contributed by atoms with van der Waals surface area (Å²) in [5.74, 6) is -0.425. The highest BCUT2D eigenvalue weighted by Crippen LogP contribution is 2.11. The van der Waals surface area contributed by atoms with E-state index in [1.165, 1.54) is 6.33 Å². The Kier molecular flexibility index (Phi) is 2.55. The Labute approximate surface area is 91.9 Å². The Hall–Kier alpha value is -2.37. The molecule has 2 heterocycles. The van der Waals surface area contributed by atoms with E-state index in [2.05, 4.69) is 9.97 Å². The number of hydrogen-bond acceptors (Lipinski definition) is 4. The van der Waals surface area contributed by atoms with Crippen LogP contribution in [0.1, 0.15) is 16.1 Å². The SMILES string of the molecule is NC(=O)c1c(N)ncn1Cc1ccncc1. The summed E-state index contributed by atoms with van der Waals surface area (Å²) in [6.45, 7) is 0.491. The number of nitrogens with two attached hydrogens (primary N) is 2. The molecule has 6 nitrogen and oxygen atoms in total. The van der Waals surface area contributed by atoms with Crippen molar-refractivity contribution in [2.45, 2.75) is 6.54 Å². The van der Waals surface area contributed by atoms with Crippen molar-refractivity contribution in [1.82, 2.24) is 14.5 Å². The van der Waals surface area contributed by atoms with Crippen molar-refractivity contribution in [3.63, 3.8) is 0 Å². The molecule has 0 unspecified atom stereocenters. The van der Waals surface area contributed by atoms with Gasteiger partial charge >= 0.3 is 0 Å². The molecule has 82 valence electrons. The van der Waals surface area contributed by atoms with Gasteiger partial charge in [0.05, 0.1) is 6.33 Å². The first-order valence-electron chi connectivity index (χ1n) is 4.68. The van der Waals surface area contributed by atoms with Crippen LogP contribution in [-0.4, -0.2) is 20.4 Å². The van der Waals surface area contributed by atoms with Gasteiger partial charge in [0.1, 0.15) is 0 Å². The zero-order valence-electron chi connectivity index (χ0n) is 8.50. The molecule has 0 aliphatic rings. The van der Waals surface area contributed by atoms with Crippen LogP contribution in [0.25, 0.3) is 0 Å². The summed E-state index contributed by atoms with van der Waals surface area (Å²) in [7, 11) is 0. The minimum Gasteiger partial charge on any atom is -0.382 e. The van der Waals surface area contributed by atoms with E-state index in [4.69, 9.17) is 11.5 Å². The average molecular weight is 217 g/mol. The van der Waals surface area contributed by atoms with E-state index < -0.39 is 5.91 Å². The average Bonchev–Trinajstić information content (AvgIpc) is 2.61. The van der Waals surface area contributed by atoms with Gasteiger partial charge in [-0.05, 0) is 17.7 Å². The van der Waals surface area contributed by atoms with E-state index in [0.29, 0.717) is 6.54 Å². The second kappa shape index (κ2) is 4.01. The fourth-order valence-electron chi connectivity index (χ4n) is 1.47. The van der Waals surface area contributed by atoms with Crippen LogP contribution in [-0.2, 0) is 6.54 Å². The van der Waals surface area contributed by atoms with Crippen molar-refractivity contribution in [3.05, 3.63) is 42.1 Å². The Morgan fingerprint density at radius 2 is 2.06 bits per heavy atom. The number of primary amides is 1. The summed E-state index contributed by atoms with van der Waals surface area (Å²) >= 11 is 0. The number of aromatic nitrogens is 3. The van der Waals surface area contributed by atoms with Gasteiger partial charge in [0.15, 0.2) is 11.5 Å². The van der Waals surface area contributed by atoms with Crippen LogP contribution >= 0.6 is 0 Å². The number of nitrogens with zero attached hydrogens (tertiary/aromatic N) is 3. The van der Waals surface area contributed by atoms with Crippen LogP contribution in [0.5, 0.6) is 0 Å². The van der Waals surface area contributed by atoms with Crippen LogP contribution in [0.2, 0.25) is 0 Å². The molecule has 2 rings (SSSR count). The maximum atomic E-state index is 11.2. The minimum absolute atomic E-state index is 0.154. The third-order valence-electron chi connectivity index (χ3n) is 2.20. The van der Waals surface area contributed by atoms with Gasteiger partial charge < -0.3 is 16.0 Å². The lowest BCUT2D eigenvalue weighted by Gasteiger charge is -2.05. The highest BCUT2D eigenvalue weighted by molar-refractivity contribution is 5.95. The number of carbonyl (C=O) groups excluding carboxylic acids is 1. The van der Waals surface area contributed by atoms with Crippen LogP contribution in [0, 0.1) is 0 Å².